The number of carbonyl (C=O) groups is 2. The van der Waals surface area contributed by atoms with Gasteiger partial charge in [-0.3, -0.25) is 9.52 Å². The number of rotatable bonds is 8. The number of urea groups is 1. The molecule has 2 aromatic heterocycles. The third-order valence-corrected chi connectivity index (χ3v) is 8.21. The minimum Gasteiger partial charge on any atom is -0.485 e. The van der Waals surface area contributed by atoms with E-state index in [9.17, 15) is 23.1 Å². The number of aryl methyl sites for hydroxylation is 3. The number of sulfonamides is 1. The van der Waals surface area contributed by atoms with E-state index in [4.69, 9.17) is 9.26 Å². The van der Waals surface area contributed by atoms with Crippen molar-refractivity contribution in [3.8, 4) is 5.75 Å². The Morgan fingerprint density at radius 3 is 2.66 bits per heavy atom. The largest absolute Gasteiger partial charge is 0.485 e. The number of aromatic nitrogens is 3. The van der Waals surface area contributed by atoms with Crippen LogP contribution in [0.2, 0.25) is 0 Å². The van der Waals surface area contributed by atoms with Crippen molar-refractivity contribution in [1.29, 1.82) is 0 Å². The van der Waals surface area contributed by atoms with Gasteiger partial charge < -0.3 is 34.1 Å². The first-order chi connectivity index (χ1) is 19.3. The van der Waals surface area contributed by atoms with Crippen LogP contribution in [-0.4, -0.2) is 88.9 Å². The first-order valence-electron chi connectivity index (χ1n) is 13.0. The molecule has 1 aliphatic heterocycles. The quantitative estimate of drug-likeness (QED) is 0.356. The fourth-order valence-electron chi connectivity index (χ4n) is 4.48. The number of fused-ring (bicyclic) bond motifs is 1. The van der Waals surface area contributed by atoms with Gasteiger partial charge in [-0.2, -0.15) is 8.42 Å². The number of aliphatic hydroxyl groups is 1. The van der Waals surface area contributed by atoms with Crippen molar-refractivity contribution in [1.82, 2.24) is 24.5 Å². The Balaban J connectivity index is 1.69. The zero-order valence-corrected chi connectivity index (χ0v) is 24.6. The summed E-state index contributed by atoms with van der Waals surface area (Å²) in [5.74, 6) is -0.264. The average molecular weight is 590 g/mol. The number of anilines is 2. The highest BCUT2D eigenvalue weighted by Crippen LogP contribution is 2.36. The number of imidazole rings is 1. The summed E-state index contributed by atoms with van der Waals surface area (Å²) in [4.78, 5) is 33.6. The second kappa shape index (κ2) is 11.8. The Morgan fingerprint density at radius 2 is 2.05 bits per heavy atom. The molecule has 1 aliphatic rings. The summed E-state index contributed by atoms with van der Waals surface area (Å²) in [6.45, 7) is 7.03. The molecule has 3 amide bonds. The molecule has 1 aromatic carbocycles. The lowest BCUT2D eigenvalue weighted by Gasteiger charge is -2.38. The van der Waals surface area contributed by atoms with Crippen molar-refractivity contribution < 1.29 is 32.4 Å². The van der Waals surface area contributed by atoms with E-state index in [2.05, 4.69) is 20.2 Å². The van der Waals surface area contributed by atoms with Crippen molar-refractivity contribution in [3.05, 3.63) is 47.7 Å². The van der Waals surface area contributed by atoms with Gasteiger partial charge in [-0.1, -0.05) is 18.1 Å². The lowest BCUT2D eigenvalue weighted by atomic mass is 9.99. The molecule has 0 fully saturated rings. The smallest absolute Gasteiger partial charge is 0.321 e. The van der Waals surface area contributed by atoms with Crippen molar-refractivity contribution in [2.45, 2.75) is 44.9 Å². The average Bonchev–Trinajstić information content (AvgIpc) is 3.51. The summed E-state index contributed by atoms with van der Waals surface area (Å²) in [7, 11) is -0.879. The fourth-order valence-corrected chi connectivity index (χ4v) is 5.53. The van der Waals surface area contributed by atoms with E-state index < -0.39 is 34.1 Å². The van der Waals surface area contributed by atoms with Gasteiger partial charge in [0.1, 0.15) is 17.5 Å². The molecule has 14 nitrogen and oxygen atoms in total. The number of nitrogens with zero attached hydrogens (tertiary/aromatic N) is 5. The molecule has 0 unspecified atom stereocenters. The number of nitrogens with one attached hydrogen (secondary N) is 2. The van der Waals surface area contributed by atoms with Gasteiger partial charge in [-0.15, -0.1) is 0 Å². The number of likely N-dealkylation sites (N-methyl/N-ethyl adjacent to an activating group) is 1. The molecule has 41 heavy (non-hydrogen) atoms. The van der Waals surface area contributed by atoms with Gasteiger partial charge >= 0.3 is 6.03 Å². The molecule has 0 spiro atoms. The van der Waals surface area contributed by atoms with Gasteiger partial charge in [0.15, 0.2) is 16.5 Å². The summed E-state index contributed by atoms with van der Waals surface area (Å²) in [6, 6.07) is 3.61. The van der Waals surface area contributed by atoms with Crippen LogP contribution in [0.4, 0.5) is 16.2 Å². The molecular formula is C26H35N7O7S. The Labute approximate surface area is 238 Å². The van der Waals surface area contributed by atoms with Gasteiger partial charge in [0.05, 0.1) is 36.8 Å². The molecule has 0 aliphatic carbocycles. The highest BCUT2D eigenvalue weighted by Gasteiger charge is 2.36. The van der Waals surface area contributed by atoms with Crippen LogP contribution in [0.15, 0.2) is 40.3 Å². The summed E-state index contributed by atoms with van der Waals surface area (Å²) in [5, 5.41) is 16.3. The summed E-state index contributed by atoms with van der Waals surface area (Å²) >= 11 is 0. The van der Waals surface area contributed by atoms with E-state index in [-0.39, 0.29) is 47.6 Å². The topological polar surface area (TPSA) is 172 Å². The molecule has 0 saturated carbocycles. The van der Waals surface area contributed by atoms with Crippen molar-refractivity contribution in [3.63, 3.8) is 0 Å². The molecule has 3 atom stereocenters. The summed E-state index contributed by atoms with van der Waals surface area (Å²) in [5.41, 5.74) is 1.16. The molecule has 3 heterocycles. The molecule has 3 N–H and O–H groups in total. The maximum absolute atomic E-state index is 13.7. The van der Waals surface area contributed by atoms with E-state index in [1.165, 1.54) is 39.0 Å². The maximum atomic E-state index is 13.7. The van der Waals surface area contributed by atoms with E-state index in [1.54, 1.807) is 40.9 Å². The van der Waals surface area contributed by atoms with Gasteiger partial charge in [0.25, 0.3) is 15.9 Å². The van der Waals surface area contributed by atoms with E-state index >= 15 is 0 Å². The Hall–Kier alpha value is -4.11. The molecule has 0 saturated heterocycles. The third-order valence-electron chi connectivity index (χ3n) is 6.96. The third kappa shape index (κ3) is 6.30. The maximum Gasteiger partial charge on any atom is 0.321 e. The molecule has 4 rings (SSSR count). The highest BCUT2D eigenvalue weighted by molar-refractivity contribution is 7.92. The van der Waals surface area contributed by atoms with Crippen molar-refractivity contribution in [2.75, 3.05) is 36.8 Å². The molecule has 222 valence electrons. The second-order valence-electron chi connectivity index (χ2n) is 10.3. The number of benzene rings is 1. The molecular weight excluding hydrogens is 554 g/mol. The Bertz CT molecular complexity index is 1510. The van der Waals surface area contributed by atoms with Crippen LogP contribution in [-0.2, 0) is 17.1 Å². The second-order valence-corrected chi connectivity index (χ2v) is 11.9. The van der Waals surface area contributed by atoms with Gasteiger partial charge in [0.2, 0.25) is 0 Å². The summed E-state index contributed by atoms with van der Waals surface area (Å²) in [6.07, 6.45) is 2.04. The first kappa shape index (κ1) is 29.9. The zero-order chi connectivity index (χ0) is 30.1. The highest BCUT2D eigenvalue weighted by atomic mass is 32.2. The number of carbonyl (C=O) groups excluding carboxylic acids is 2. The van der Waals surface area contributed by atoms with Crippen molar-refractivity contribution >= 4 is 33.3 Å². The Morgan fingerprint density at radius 1 is 1.32 bits per heavy atom. The van der Waals surface area contributed by atoms with Crippen LogP contribution in [0.1, 0.15) is 35.7 Å². The number of hydrogen-bond acceptors (Lipinski definition) is 9. The van der Waals surface area contributed by atoms with Crippen LogP contribution in [0.3, 0.4) is 0 Å². The van der Waals surface area contributed by atoms with Crippen LogP contribution in [0.25, 0.3) is 0 Å². The van der Waals surface area contributed by atoms with Gasteiger partial charge in [-0.05, 0) is 32.9 Å². The lowest BCUT2D eigenvalue weighted by molar-refractivity contribution is 0.0373. The van der Waals surface area contributed by atoms with E-state index in [0.29, 0.717) is 17.1 Å². The van der Waals surface area contributed by atoms with E-state index in [1.807, 2.05) is 6.92 Å². The molecule has 15 heteroatoms. The zero-order valence-electron chi connectivity index (χ0n) is 23.8. The SMILES string of the molecule is Cc1noc(C)c1NC(=O)N(C)C[C@H]1Oc2c(NS(=O)(=O)c3cn(C)cn3)cccc2C(=O)N([C@@H](C)CO)C[C@H]1C. The number of para-hydroxylation sites is 1. The molecule has 3 aromatic rings. The van der Waals surface area contributed by atoms with Crippen LogP contribution in [0, 0.1) is 19.8 Å². The minimum absolute atomic E-state index is 0.0169. The van der Waals surface area contributed by atoms with Crippen LogP contribution >= 0.6 is 0 Å². The van der Waals surface area contributed by atoms with Crippen LogP contribution in [0.5, 0.6) is 5.75 Å². The minimum atomic E-state index is -4.12. The number of amides is 3. The monoisotopic (exact) mass is 589 g/mol. The predicted octanol–water partition coefficient (Wildman–Crippen LogP) is 2.21. The van der Waals surface area contributed by atoms with Gasteiger partial charge in [0, 0.05) is 32.8 Å². The number of ether oxygens (including phenoxy) is 1. The van der Waals surface area contributed by atoms with Gasteiger partial charge in [-0.25, -0.2) is 9.78 Å². The number of aliphatic hydroxyl groups excluding tert-OH is 1. The van der Waals surface area contributed by atoms with Crippen molar-refractivity contribution in [2.24, 2.45) is 13.0 Å². The normalized spacial score (nSPS) is 18.1. The molecule has 0 radical (unpaired) electrons. The predicted molar refractivity (Wildman–Crippen MR) is 149 cm³/mol. The fraction of sp³-hybridized carbons (Fsp3) is 0.462. The summed E-state index contributed by atoms with van der Waals surface area (Å²) < 4.78 is 41.8. The van der Waals surface area contributed by atoms with E-state index in [0.717, 1.165) is 0 Å². The molecule has 0 bridgehead atoms. The number of hydrogen-bond donors (Lipinski definition) is 3. The Kier molecular flexibility index (Phi) is 8.58. The standard InChI is InChI=1S/C26H35N7O7S/c1-15-10-33(16(2)13-34)25(35)19-8-7-9-20(30-41(37,38)22-12-31(5)14-27-22)24(19)39-21(15)11-32(6)26(36)28-23-17(3)29-40-18(23)4/h7-9,12,14-16,21,30,34H,10-11,13H2,1-6H3,(H,28,36)/t15-,16+,21-/m1/s1. The lowest BCUT2D eigenvalue weighted by Crippen LogP contribution is -2.50. The van der Waals surface area contributed by atoms with Crippen LogP contribution < -0.4 is 14.8 Å². The first-order valence-corrected chi connectivity index (χ1v) is 14.5.